The van der Waals surface area contributed by atoms with Crippen LogP contribution in [0.1, 0.15) is 28.6 Å². The largest absolute Gasteiger partial charge is 0.378 e. The van der Waals surface area contributed by atoms with Crippen LogP contribution in [-0.2, 0) is 11.3 Å². The molecule has 0 bridgehead atoms. The molecule has 3 heterocycles. The van der Waals surface area contributed by atoms with Crippen LogP contribution >= 0.6 is 0 Å². The number of ether oxygens (including phenoxy) is 1. The summed E-state index contributed by atoms with van der Waals surface area (Å²) < 4.78 is 11.2. The highest BCUT2D eigenvalue weighted by Crippen LogP contribution is 2.30. The van der Waals surface area contributed by atoms with Crippen molar-refractivity contribution >= 4 is 0 Å². The van der Waals surface area contributed by atoms with Gasteiger partial charge < -0.3 is 9.26 Å². The monoisotopic (exact) mass is 327 g/mol. The molecule has 24 heavy (non-hydrogen) atoms. The zero-order valence-electron chi connectivity index (χ0n) is 14.4. The van der Waals surface area contributed by atoms with Crippen LogP contribution in [0.4, 0.5) is 0 Å². The first kappa shape index (κ1) is 15.8. The number of fused-ring (bicyclic) bond motifs is 1. The summed E-state index contributed by atoms with van der Waals surface area (Å²) in [5, 5.41) is 4.08. The topological polar surface area (TPSA) is 41.7 Å². The average Bonchev–Trinajstić information content (AvgIpc) is 2.94. The maximum Gasteiger partial charge on any atom is 0.138 e. The molecule has 0 spiro atoms. The molecule has 128 valence electrons. The zero-order chi connectivity index (χ0) is 16.5. The first-order chi connectivity index (χ1) is 11.7. The number of benzene rings is 1. The molecule has 0 radical (unpaired) electrons. The Balaban J connectivity index is 1.46. The van der Waals surface area contributed by atoms with Gasteiger partial charge in [-0.05, 0) is 19.4 Å². The molecule has 2 atom stereocenters. The molecule has 5 nitrogen and oxygen atoms in total. The molecule has 2 fully saturated rings. The van der Waals surface area contributed by atoms with Crippen LogP contribution in [0.3, 0.4) is 0 Å². The van der Waals surface area contributed by atoms with Crippen molar-refractivity contribution in [3.05, 3.63) is 52.9 Å². The molecule has 0 N–H and O–H groups in total. The minimum absolute atomic E-state index is 0.381. The number of piperazine rings is 1. The molecule has 4 rings (SSSR count). The molecule has 0 unspecified atom stereocenters. The summed E-state index contributed by atoms with van der Waals surface area (Å²) in [7, 11) is 0. The number of morpholine rings is 1. The highest BCUT2D eigenvalue weighted by Gasteiger charge is 2.36. The minimum atomic E-state index is 0.381. The first-order valence-corrected chi connectivity index (χ1v) is 8.75. The van der Waals surface area contributed by atoms with Crippen LogP contribution in [0, 0.1) is 13.8 Å². The Morgan fingerprint density at radius 1 is 1.12 bits per heavy atom. The molecular weight excluding hydrogens is 302 g/mol. The highest BCUT2D eigenvalue weighted by molar-refractivity contribution is 5.22. The summed E-state index contributed by atoms with van der Waals surface area (Å²) in [5.41, 5.74) is 3.61. The van der Waals surface area contributed by atoms with Crippen LogP contribution in [0.15, 0.2) is 34.9 Å². The lowest BCUT2D eigenvalue weighted by Gasteiger charge is -2.48. The van der Waals surface area contributed by atoms with Gasteiger partial charge in [0.15, 0.2) is 0 Å². The van der Waals surface area contributed by atoms with Gasteiger partial charge in [-0.3, -0.25) is 9.80 Å². The van der Waals surface area contributed by atoms with E-state index < -0.39 is 0 Å². The fraction of sp³-hybridized carbons (Fsp3) is 0.526. The molecule has 2 aromatic rings. The van der Waals surface area contributed by atoms with Crippen molar-refractivity contribution in [1.82, 2.24) is 15.0 Å². The van der Waals surface area contributed by atoms with Crippen LogP contribution in [-0.4, -0.2) is 53.8 Å². The van der Waals surface area contributed by atoms with Gasteiger partial charge in [-0.2, -0.15) is 0 Å². The first-order valence-electron chi connectivity index (χ1n) is 8.75. The van der Waals surface area contributed by atoms with Gasteiger partial charge in [0.25, 0.3) is 0 Å². The van der Waals surface area contributed by atoms with E-state index in [0.29, 0.717) is 12.1 Å². The Kier molecular flexibility index (Phi) is 4.39. The second-order valence-corrected chi connectivity index (χ2v) is 6.89. The van der Waals surface area contributed by atoms with Crippen LogP contribution in [0.5, 0.6) is 0 Å². The van der Waals surface area contributed by atoms with Gasteiger partial charge in [0.2, 0.25) is 0 Å². The zero-order valence-corrected chi connectivity index (χ0v) is 14.4. The summed E-state index contributed by atoms with van der Waals surface area (Å²) in [6.45, 7) is 9.75. The Morgan fingerprint density at radius 2 is 1.96 bits per heavy atom. The Hall–Kier alpha value is -1.69. The van der Waals surface area contributed by atoms with E-state index in [1.807, 2.05) is 13.8 Å². The summed E-state index contributed by atoms with van der Waals surface area (Å²) >= 11 is 0. The van der Waals surface area contributed by atoms with Crippen LogP contribution in [0.25, 0.3) is 0 Å². The summed E-state index contributed by atoms with van der Waals surface area (Å²) in [6, 6.07) is 11.6. The predicted octanol–water partition coefficient (Wildman–Crippen LogP) is 2.55. The molecule has 0 amide bonds. The lowest BCUT2D eigenvalue weighted by molar-refractivity contribution is -0.0836. The van der Waals surface area contributed by atoms with Gasteiger partial charge in [-0.1, -0.05) is 35.5 Å². The normalized spacial score (nSPS) is 25.6. The van der Waals surface area contributed by atoms with E-state index in [4.69, 9.17) is 9.26 Å². The molecule has 0 saturated carbocycles. The lowest BCUT2D eigenvalue weighted by Crippen LogP contribution is -2.58. The Labute approximate surface area is 143 Å². The van der Waals surface area contributed by atoms with Gasteiger partial charge in [-0.25, -0.2) is 0 Å². The van der Waals surface area contributed by atoms with Crippen molar-refractivity contribution in [2.75, 3.05) is 32.8 Å². The third-order valence-electron chi connectivity index (χ3n) is 5.35. The van der Waals surface area contributed by atoms with Gasteiger partial charge in [-0.15, -0.1) is 0 Å². The van der Waals surface area contributed by atoms with Crippen molar-refractivity contribution in [3.63, 3.8) is 0 Å². The second-order valence-electron chi connectivity index (χ2n) is 6.89. The average molecular weight is 327 g/mol. The Morgan fingerprint density at radius 3 is 2.71 bits per heavy atom. The SMILES string of the molecule is Cc1noc(C)c1CN1CCN2[C@@H](COC[C@@H]2c2ccccc2)C1. The number of aromatic nitrogens is 1. The molecule has 2 aliphatic rings. The van der Waals surface area contributed by atoms with Gasteiger partial charge in [0.05, 0.1) is 24.9 Å². The van der Waals surface area contributed by atoms with Crippen molar-refractivity contribution in [2.45, 2.75) is 32.5 Å². The highest BCUT2D eigenvalue weighted by atomic mass is 16.5. The Bertz CT molecular complexity index is 666. The van der Waals surface area contributed by atoms with E-state index in [0.717, 1.165) is 50.8 Å². The second kappa shape index (κ2) is 6.67. The standard InChI is InChI=1S/C19H25N3O2/c1-14-18(15(2)24-20-14)11-21-8-9-22-17(10-21)12-23-13-19(22)16-6-4-3-5-7-16/h3-7,17,19H,8-13H2,1-2H3/t17-,19-/m1/s1. The van der Waals surface area contributed by atoms with E-state index >= 15 is 0 Å². The van der Waals surface area contributed by atoms with E-state index in [1.54, 1.807) is 0 Å². The van der Waals surface area contributed by atoms with E-state index in [9.17, 15) is 0 Å². The number of aryl methyl sites for hydroxylation is 2. The molecule has 1 aromatic carbocycles. The van der Waals surface area contributed by atoms with Gasteiger partial charge in [0.1, 0.15) is 5.76 Å². The smallest absolute Gasteiger partial charge is 0.138 e. The number of hydrogen-bond acceptors (Lipinski definition) is 5. The maximum absolute atomic E-state index is 5.94. The third kappa shape index (κ3) is 2.99. The number of hydrogen-bond donors (Lipinski definition) is 0. The molecule has 5 heteroatoms. The summed E-state index contributed by atoms with van der Waals surface area (Å²) in [5.74, 6) is 0.942. The molecule has 1 aromatic heterocycles. The number of nitrogens with zero attached hydrogens (tertiary/aromatic N) is 3. The molecule has 2 saturated heterocycles. The third-order valence-corrected chi connectivity index (χ3v) is 5.35. The summed E-state index contributed by atoms with van der Waals surface area (Å²) in [4.78, 5) is 5.13. The van der Waals surface area contributed by atoms with Crippen molar-refractivity contribution in [2.24, 2.45) is 0 Å². The van der Waals surface area contributed by atoms with E-state index in [-0.39, 0.29) is 0 Å². The quantitative estimate of drug-likeness (QED) is 0.867. The van der Waals surface area contributed by atoms with Crippen LogP contribution in [0.2, 0.25) is 0 Å². The van der Waals surface area contributed by atoms with Crippen LogP contribution < -0.4 is 0 Å². The van der Waals surface area contributed by atoms with Gasteiger partial charge >= 0.3 is 0 Å². The fourth-order valence-corrected chi connectivity index (χ4v) is 3.96. The number of rotatable bonds is 3. The maximum atomic E-state index is 5.94. The summed E-state index contributed by atoms with van der Waals surface area (Å²) in [6.07, 6.45) is 0. The van der Waals surface area contributed by atoms with Crippen molar-refractivity contribution < 1.29 is 9.26 Å². The molecule has 2 aliphatic heterocycles. The predicted molar refractivity (Wildman–Crippen MR) is 91.8 cm³/mol. The molecule has 0 aliphatic carbocycles. The lowest BCUT2D eigenvalue weighted by atomic mass is 10.00. The van der Waals surface area contributed by atoms with E-state index in [1.165, 1.54) is 11.1 Å². The van der Waals surface area contributed by atoms with Crippen molar-refractivity contribution in [3.8, 4) is 0 Å². The van der Waals surface area contributed by atoms with Gasteiger partial charge in [0, 0.05) is 37.8 Å². The van der Waals surface area contributed by atoms with Crippen molar-refractivity contribution in [1.29, 1.82) is 0 Å². The minimum Gasteiger partial charge on any atom is -0.378 e. The van der Waals surface area contributed by atoms with E-state index in [2.05, 4.69) is 45.3 Å². The molecular formula is C19H25N3O2. The fourth-order valence-electron chi connectivity index (χ4n) is 3.96.